The van der Waals surface area contributed by atoms with Crippen LogP contribution in [0.15, 0.2) is 18.3 Å². The molecule has 2 heteroatoms. The van der Waals surface area contributed by atoms with Gasteiger partial charge in [-0.3, -0.25) is 4.79 Å². The van der Waals surface area contributed by atoms with E-state index < -0.39 is 0 Å². The molecular formula is C13H17NO. The normalized spacial score (nSPS) is 20.9. The van der Waals surface area contributed by atoms with Crippen molar-refractivity contribution in [3.63, 3.8) is 0 Å². The zero-order valence-corrected chi connectivity index (χ0v) is 8.93. The summed E-state index contributed by atoms with van der Waals surface area (Å²) in [4.78, 5) is 10.8. The molecule has 0 aliphatic heterocycles. The highest BCUT2D eigenvalue weighted by molar-refractivity contribution is 5.72. The molecule has 2 nitrogen and oxygen atoms in total. The van der Waals surface area contributed by atoms with Gasteiger partial charge in [-0.2, -0.15) is 0 Å². The van der Waals surface area contributed by atoms with Crippen molar-refractivity contribution in [2.45, 2.75) is 32.2 Å². The molecule has 0 spiro atoms. The lowest BCUT2D eigenvalue weighted by molar-refractivity contribution is 0.111. The topological polar surface area (TPSA) is 22.0 Å². The van der Waals surface area contributed by atoms with Crippen molar-refractivity contribution in [1.29, 1.82) is 0 Å². The predicted octanol–water partition coefficient (Wildman–Crippen LogP) is 2.74. The van der Waals surface area contributed by atoms with Gasteiger partial charge in [0.05, 0.1) is 5.69 Å². The van der Waals surface area contributed by atoms with E-state index in [0.717, 1.165) is 36.3 Å². The van der Waals surface area contributed by atoms with Crippen LogP contribution in [0.4, 0.5) is 0 Å². The van der Waals surface area contributed by atoms with Gasteiger partial charge in [0.2, 0.25) is 0 Å². The predicted molar refractivity (Wildman–Crippen MR) is 58.8 cm³/mol. The molecule has 2 fully saturated rings. The fourth-order valence-electron chi connectivity index (χ4n) is 2.66. The van der Waals surface area contributed by atoms with Gasteiger partial charge in [0.15, 0.2) is 6.29 Å². The first-order chi connectivity index (χ1) is 7.38. The van der Waals surface area contributed by atoms with Gasteiger partial charge in [-0.15, -0.1) is 0 Å². The quantitative estimate of drug-likeness (QED) is 0.674. The van der Waals surface area contributed by atoms with Crippen molar-refractivity contribution in [2.75, 3.05) is 0 Å². The third kappa shape index (κ3) is 1.85. The first kappa shape index (κ1) is 9.20. The summed E-state index contributed by atoms with van der Waals surface area (Å²) >= 11 is 0. The van der Waals surface area contributed by atoms with E-state index in [2.05, 4.69) is 4.57 Å². The second-order valence-corrected chi connectivity index (χ2v) is 5.04. The molecule has 2 aliphatic carbocycles. The summed E-state index contributed by atoms with van der Waals surface area (Å²) in [6.45, 7) is 1.07. The lowest BCUT2D eigenvalue weighted by Gasteiger charge is -2.17. The fraction of sp³-hybridized carbons (Fsp3) is 0.615. The second-order valence-electron chi connectivity index (χ2n) is 5.04. The number of carbonyl (C=O) groups excluding carboxylic acids is 1. The van der Waals surface area contributed by atoms with Gasteiger partial charge in [-0.25, -0.2) is 0 Å². The number of aromatic nitrogens is 1. The molecule has 0 bridgehead atoms. The maximum atomic E-state index is 10.8. The lowest BCUT2D eigenvalue weighted by Crippen LogP contribution is -2.15. The Hall–Kier alpha value is -1.05. The molecule has 0 saturated heterocycles. The minimum Gasteiger partial charge on any atom is -0.345 e. The SMILES string of the molecule is O=Cc1cccn1CC(C1CC1)C1CC1. The van der Waals surface area contributed by atoms with Crippen LogP contribution in [0.5, 0.6) is 0 Å². The number of aldehydes is 1. The Kier molecular flexibility index (Phi) is 2.15. The van der Waals surface area contributed by atoms with Gasteiger partial charge >= 0.3 is 0 Å². The zero-order chi connectivity index (χ0) is 10.3. The molecule has 2 saturated carbocycles. The van der Waals surface area contributed by atoms with Crippen molar-refractivity contribution in [3.8, 4) is 0 Å². The second kappa shape index (κ2) is 3.51. The van der Waals surface area contributed by atoms with Crippen molar-refractivity contribution < 1.29 is 4.79 Å². The number of rotatable bonds is 5. The molecule has 0 unspecified atom stereocenters. The molecule has 0 amide bonds. The molecule has 1 heterocycles. The van der Waals surface area contributed by atoms with E-state index in [-0.39, 0.29) is 0 Å². The Labute approximate surface area is 90.3 Å². The standard InChI is InChI=1S/C13H17NO/c15-9-12-2-1-7-14(12)8-13(10-3-4-10)11-5-6-11/h1-2,7,9-11,13H,3-6,8H2. The van der Waals surface area contributed by atoms with E-state index in [9.17, 15) is 4.79 Å². The molecule has 3 rings (SSSR count). The fourth-order valence-corrected chi connectivity index (χ4v) is 2.66. The van der Waals surface area contributed by atoms with Crippen LogP contribution in [0.25, 0.3) is 0 Å². The van der Waals surface area contributed by atoms with Crippen molar-refractivity contribution in [2.24, 2.45) is 17.8 Å². The average Bonchev–Trinajstić information content (AvgIpc) is 3.14. The van der Waals surface area contributed by atoms with Crippen LogP contribution in [-0.4, -0.2) is 10.9 Å². The molecule has 0 radical (unpaired) electrons. The summed E-state index contributed by atoms with van der Waals surface area (Å²) in [6, 6.07) is 3.88. The first-order valence-corrected chi connectivity index (χ1v) is 5.99. The smallest absolute Gasteiger partial charge is 0.166 e. The van der Waals surface area contributed by atoms with Crippen LogP contribution in [-0.2, 0) is 6.54 Å². The average molecular weight is 203 g/mol. The summed E-state index contributed by atoms with van der Waals surface area (Å²) in [5.74, 6) is 2.76. The number of hydrogen-bond donors (Lipinski definition) is 0. The minimum absolute atomic E-state index is 0.835. The lowest BCUT2D eigenvalue weighted by atomic mass is 9.98. The molecule has 80 valence electrons. The Bertz CT molecular complexity index is 348. The Balaban J connectivity index is 1.74. The van der Waals surface area contributed by atoms with Crippen molar-refractivity contribution >= 4 is 6.29 Å². The van der Waals surface area contributed by atoms with Gasteiger partial charge in [-0.1, -0.05) is 0 Å². The maximum Gasteiger partial charge on any atom is 0.166 e. The van der Waals surface area contributed by atoms with Gasteiger partial charge < -0.3 is 4.57 Å². The Morgan fingerprint density at radius 2 is 2.00 bits per heavy atom. The highest BCUT2D eigenvalue weighted by Gasteiger charge is 2.41. The van der Waals surface area contributed by atoms with Crippen molar-refractivity contribution in [3.05, 3.63) is 24.0 Å². The van der Waals surface area contributed by atoms with Gasteiger partial charge in [0, 0.05) is 12.7 Å². The van der Waals surface area contributed by atoms with Gasteiger partial charge in [-0.05, 0) is 55.6 Å². The molecule has 0 atom stereocenters. The van der Waals surface area contributed by atoms with E-state index in [1.54, 1.807) is 0 Å². The third-order valence-corrected chi connectivity index (χ3v) is 3.85. The van der Waals surface area contributed by atoms with Crippen LogP contribution in [0.2, 0.25) is 0 Å². The van der Waals surface area contributed by atoms with Crippen LogP contribution < -0.4 is 0 Å². The van der Waals surface area contributed by atoms with Gasteiger partial charge in [0.1, 0.15) is 0 Å². The van der Waals surface area contributed by atoms with Crippen molar-refractivity contribution in [1.82, 2.24) is 4.57 Å². The maximum absolute atomic E-state index is 10.8. The minimum atomic E-state index is 0.835. The third-order valence-electron chi connectivity index (χ3n) is 3.85. The number of hydrogen-bond acceptors (Lipinski definition) is 1. The highest BCUT2D eigenvalue weighted by Crippen LogP contribution is 2.49. The molecule has 15 heavy (non-hydrogen) atoms. The van der Waals surface area contributed by atoms with E-state index in [1.807, 2.05) is 18.3 Å². The van der Waals surface area contributed by atoms with Crippen LogP contribution in [0, 0.1) is 17.8 Å². The van der Waals surface area contributed by atoms with E-state index in [0.29, 0.717) is 0 Å². The summed E-state index contributed by atoms with van der Waals surface area (Å²) in [5, 5.41) is 0. The van der Waals surface area contributed by atoms with Crippen LogP contribution in [0.1, 0.15) is 36.2 Å². The largest absolute Gasteiger partial charge is 0.345 e. The van der Waals surface area contributed by atoms with E-state index >= 15 is 0 Å². The molecule has 0 N–H and O–H groups in total. The molecule has 2 aliphatic rings. The number of carbonyl (C=O) groups is 1. The molecule has 0 aromatic carbocycles. The number of nitrogens with zero attached hydrogens (tertiary/aromatic N) is 1. The summed E-state index contributed by atoms with van der Waals surface area (Å²) < 4.78 is 2.13. The van der Waals surface area contributed by atoms with Crippen LogP contribution in [0.3, 0.4) is 0 Å². The monoisotopic (exact) mass is 203 g/mol. The summed E-state index contributed by atoms with van der Waals surface area (Å²) in [5.41, 5.74) is 0.835. The summed E-state index contributed by atoms with van der Waals surface area (Å²) in [7, 11) is 0. The van der Waals surface area contributed by atoms with E-state index in [4.69, 9.17) is 0 Å². The Morgan fingerprint density at radius 3 is 2.53 bits per heavy atom. The Morgan fingerprint density at radius 1 is 1.33 bits per heavy atom. The zero-order valence-electron chi connectivity index (χ0n) is 8.93. The van der Waals surface area contributed by atoms with Crippen LogP contribution >= 0.6 is 0 Å². The van der Waals surface area contributed by atoms with E-state index in [1.165, 1.54) is 25.7 Å². The first-order valence-electron chi connectivity index (χ1n) is 5.99. The highest BCUT2D eigenvalue weighted by atomic mass is 16.1. The molecule has 1 aromatic rings. The molecular weight excluding hydrogens is 186 g/mol. The van der Waals surface area contributed by atoms with Gasteiger partial charge in [0.25, 0.3) is 0 Å². The molecule has 1 aromatic heterocycles. The summed E-state index contributed by atoms with van der Waals surface area (Å²) in [6.07, 6.45) is 8.67.